The van der Waals surface area contributed by atoms with Crippen molar-refractivity contribution in [2.75, 3.05) is 32.8 Å². The molecule has 0 aromatic heterocycles. The predicted octanol–water partition coefficient (Wildman–Crippen LogP) is 0.0948. The van der Waals surface area contributed by atoms with Crippen molar-refractivity contribution in [2.24, 2.45) is 5.73 Å². The van der Waals surface area contributed by atoms with Gasteiger partial charge in [-0.05, 0) is 38.8 Å². The summed E-state index contributed by atoms with van der Waals surface area (Å²) < 4.78 is 5.79. The first-order valence-corrected chi connectivity index (χ1v) is 7.12. The zero-order valence-electron chi connectivity index (χ0n) is 11.1. The maximum absolute atomic E-state index is 11.6. The molecule has 0 saturated carbocycles. The molecule has 2 heterocycles. The summed E-state index contributed by atoms with van der Waals surface area (Å²) in [6.45, 7) is 4.29. The molecular weight excluding hydrogens is 230 g/mol. The molecule has 2 atom stereocenters. The van der Waals surface area contributed by atoms with Crippen LogP contribution in [0, 0.1) is 0 Å². The lowest BCUT2D eigenvalue weighted by Crippen LogP contribution is -2.50. The molecule has 0 spiro atoms. The molecule has 2 aliphatic heterocycles. The summed E-state index contributed by atoms with van der Waals surface area (Å²) in [5.41, 5.74) is 5.40. The third-order valence-corrected chi connectivity index (χ3v) is 3.85. The van der Waals surface area contributed by atoms with E-state index in [1.54, 1.807) is 0 Å². The molecule has 5 nitrogen and oxygen atoms in total. The smallest absolute Gasteiger partial charge is 0.220 e. The van der Waals surface area contributed by atoms with Gasteiger partial charge in [-0.25, -0.2) is 0 Å². The number of hydrogen-bond donors (Lipinski definition) is 2. The fraction of sp³-hybridized carbons (Fsp3) is 0.923. The predicted molar refractivity (Wildman–Crippen MR) is 70.3 cm³/mol. The van der Waals surface area contributed by atoms with Crippen LogP contribution < -0.4 is 11.1 Å². The van der Waals surface area contributed by atoms with Crippen LogP contribution >= 0.6 is 0 Å². The van der Waals surface area contributed by atoms with E-state index in [4.69, 9.17) is 10.5 Å². The molecule has 0 radical (unpaired) electrons. The third kappa shape index (κ3) is 3.93. The number of nitrogens with zero attached hydrogens (tertiary/aromatic N) is 1. The molecule has 0 aromatic rings. The quantitative estimate of drug-likeness (QED) is 0.660. The van der Waals surface area contributed by atoms with E-state index in [1.165, 1.54) is 19.4 Å². The Labute approximate surface area is 109 Å². The number of unbranched alkanes of at least 4 members (excludes halogenated alkanes) is 1. The number of ether oxygens (including phenoxy) is 1. The van der Waals surface area contributed by atoms with Gasteiger partial charge in [-0.2, -0.15) is 0 Å². The number of hydrogen-bond acceptors (Lipinski definition) is 4. The summed E-state index contributed by atoms with van der Waals surface area (Å²) in [7, 11) is 0. The maximum Gasteiger partial charge on any atom is 0.220 e. The Hall–Kier alpha value is -0.650. The average Bonchev–Trinajstić information content (AvgIpc) is 2.84. The molecule has 2 aliphatic rings. The lowest BCUT2D eigenvalue weighted by Gasteiger charge is -2.35. The van der Waals surface area contributed by atoms with Crippen LogP contribution in [0.3, 0.4) is 0 Å². The van der Waals surface area contributed by atoms with Crippen LogP contribution in [0.25, 0.3) is 0 Å². The highest BCUT2D eigenvalue weighted by Crippen LogP contribution is 2.22. The van der Waals surface area contributed by atoms with Gasteiger partial charge in [-0.1, -0.05) is 0 Å². The van der Waals surface area contributed by atoms with Gasteiger partial charge >= 0.3 is 0 Å². The van der Waals surface area contributed by atoms with E-state index in [0.29, 0.717) is 25.6 Å². The molecule has 3 N–H and O–H groups in total. The van der Waals surface area contributed by atoms with Crippen molar-refractivity contribution in [2.45, 2.75) is 44.2 Å². The van der Waals surface area contributed by atoms with Crippen LogP contribution in [0.15, 0.2) is 0 Å². The van der Waals surface area contributed by atoms with Crippen LogP contribution in [0.4, 0.5) is 0 Å². The normalized spacial score (nSPS) is 28.1. The van der Waals surface area contributed by atoms with Crippen LogP contribution in [0.2, 0.25) is 0 Å². The van der Waals surface area contributed by atoms with Crippen molar-refractivity contribution in [1.29, 1.82) is 0 Å². The Morgan fingerprint density at radius 3 is 3.17 bits per heavy atom. The van der Waals surface area contributed by atoms with Gasteiger partial charge in [0.05, 0.1) is 12.7 Å². The first-order valence-electron chi connectivity index (χ1n) is 7.12. The number of carbonyl (C=O) groups is 1. The Kier molecular flexibility index (Phi) is 5.41. The lowest BCUT2D eigenvalue weighted by molar-refractivity contribution is -0.122. The molecule has 0 bridgehead atoms. The van der Waals surface area contributed by atoms with Crippen molar-refractivity contribution in [3.63, 3.8) is 0 Å². The number of fused-ring (bicyclic) bond motifs is 1. The molecule has 0 aliphatic carbocycles. The van der Waals surface area contributed by atoms with Gasteiger partial charge in [0, 0.05) is 25.6 Å². The number of rotatable bonds is 6. The Morgan fingerprint density at radius 2 is 2.33 bits per heavy atom. The molecule has 104 valence electrons. The second-order valence-electron chi connectivity index (χ2n) is 5.30. The third-order valence-electron chi connectivity index (χ3n) is 3.85. The highest BCUT2D eigenvalue weighted by atomic mass is 16.5. The van der Waals surface area contributed by atoms with E-state index >= 15 is 0 Å². The topological polar surface area (TPSA) is 67.6 Å². The first kappa shape index (κ1) is 13.8. The highest BCUT2D eigenvalue weighted by Gasteiger charge is 2.32. The van der Waals surface area contributed by atoms with Gasteiger partial charge in [0.15, 0.2) is 0 Å². The summed E-state index contributed by atoms with van der Waals surface area (Å²) in [5, 5.41) is 2.96. The first-order chi connectivity index (χ1) is 8.79. The summed E-state index contributed by atoms with van der Waals surface area (Å²) in [6, 6.07) is 0.626. The van der Waals surface area contributed by atoms with E-state index < -0.39 is 0 Å². The minimum Gasteiger partial charge on any atom is -0.373 e. The van der Waals surface area contributed by atoms with E-state index in [1.807, 2.05) is 0 Å². The molecule has 18 heavy (non-hydrogen) atoms. The van der Waals surface area contributed by atoms with Gasteiger partial charge in [-0.15, -0.1) is 0 Å². The van der Waals surface area contributed by atoms with Crippen LogP contribution in [0.1, 0.15) is 32.1 Å². The second-order valence-corrected chi connectivity index (χ2v) is 5.30. The molecular formula is C13H25N3O2. The largest absolute Gasteiger partial charge is 0.373 e. The maximum atomic E-state index is 11.6. The van der Waals surface area contributed by atoms with Crippen molar-refractivity contribution in [1.82, 2.24) is 10.2 Å². The van der Waals surface area contributed by atoms with E-state index in [0.717, 1.165) is 26.0 Å². The number of morpholine rings is 1. The van der Waals surface area contributed by atoms with Gasteiger partial charge in [-0.3, -0.25) is 9.69 Å². The summed E-state index contributed by atoms with van der Waals surface area (Å²) >= 11 is 0. The van der Waals surface area contributed by atoms with Crippen LogP contribution in [-0.4, -0.2) is 55.7 Å². The molecule has 2 unspecified atom stereocenters. The number of nitrogens with two attached hydrogens (primary N) is 1. The second kappa shape index (κ2) is 7.07. The van der Waals surface area contributed by atoms with Crippen LogP contribution in [0.5, 0.6) is 0 Å². The average molecular weight is 255 g/mol. The van der Waals surface area contributed by atoms with Gasteiger partial charge in [0.1, 0.15) is 0 Å². The van der Waals surface area contributed by atoms with Crippen LogP contribution in [-0.2, 0) is 9.53 Å². The number of amides is 1. The molecule has 2 rings (SSSR count). The van der Waals surface area contributed by atoms with Crippen molar-refractivity contribution in [3.8, 4) is 0 Å². The summed E-state index contributed by atoms with van der Waals surface area (Å²) in [5.74, 6) is 0.121. The number of carbonyl (C=O) groups excluding carboxylic acids is 1. The molecule has 2 fully saturated rings. The van der Waals surface area contributed by atoms with Crippen molar-refractivity contribution < 1.29 is 9.53 Å². The Morgan fingerprint density at radius 1 is 1.44 bits per heavy atom. The summed E-state index contributed by atoms with van der Waals surface area (Å²) in [6.07, 6.45) is 5.09. The van der Waals surface area contributed by atoms with Crippen molar-refractivity contribution in [3.05, 3.63) is 0 Å². The van der Waals surface area contributed by atoms with E-state index in [2.05, 4.69) is 10.2 Å². The number of nitrogens with one attached hydrogen (secondary N) is 1. The zero-order valence-corrected chi connectivity index (χ0v) is 11.1. The monoisotopic (exact) mass is 255 g/mol. The zero-order chi connectivity index (χ0) is 12.8. The molecule has 0 aromatic carbocycles. The molecule has 2 saturated heterocycles. The lowest BCUT2D eigenvalue weighted by atomic mass is 10.2. The van der Waals surface area contributed by atoms with E-state index in [-0.39, 0.29) is 12.0 Å². The molecule has 5 heteroatoms. The Bertz CT molecular complexity index is 273. The van der Waals surface area contributed by atoms with Gasteiger partial charge < -0.3 is 15.8 Å². The fourth-order valence-electron chi connectivity index (χ4n) is 2.76. The minimum absolute atomic E-state index is 0.121. The SMILES string of the molecule is NCCCCC(=O)NCC1CN2CCCC2CO1. The Balaban J connectivity index is 1.60. The minimum atomic E-state index is 0.121. The highest BCUT2D eigenvalue weighted by molar-refractivity contribution is 5.75. The fourth-order valence-corrected chi connectivity index (χ4v) is 2.76. The molecule has 1 amide bonds. The van der Waals surface area contributed by atoms with Gasteiger partial charge in [0.2, 0.25) is 5.91 Å². The van der Waals surface area contributed by atoms with E-state index in [9.17, 15) is 4.79 Å². The van der Waals surface area contributed by atoms with Gasteiger partial charge in [0.25, 0.3) is 0 Å². The summed E-state index contributed by atoms with van der Waals surface area (Å²) in [4.78, 5) is 14.1. The van der Waals surface area contributed by atoms with Crippen molar-refractivity contribution >= 4 is 5.91 Å². The standard InChI is InChI=1S/C13H25N3O2/c14-6-2-1-5-13(17)15-8-12-9-16-7-3-4-11(16)10-18-12/h11-12H,1-10,14H2,(H,15,17).